The van der Waals surface area contributed by atoms with Crippen molar-refractivity contribution in [3.8, 4) is 0 Å². The lowest BCUT2D eigenvalue weighted by Crippen LogP contribution is -2.30. The third-order valence-corrected chi connectivity index (χ3v) is 3.91. The summed E-state index contributed by atoms with van der Waals surface area (Å²) in [5.41, 5.74) is 1.51. The molecule has 3 nitrogen and oxygen atoms in total. The molecule has 0 aromatic carbocycles. The smallest absolute Gasteiger partial charge is 0.155 e. The average molecular weight is 333 g/mol. The van der Waals surface area contributed by atoms with Gasteiger partial charge in [-0.25, -0.2) is 0 Å². The lowest BCUT2D eigenvalue weighted by Gasteiger charge is -2.29. The van der Waals surface area contributed by atoms with Crippen LogP contribution in [0.25, 0.3) is 0 Å². The predicted octanol–water partition coefficient (Wildman–Crippen LogP) is 4.89. The summed E-state index contributed by atoms with van der Waals surface area (Å²) in [5.74, 6) is 0.884. The van der Waals surface area contributed by atoms with Crippen LogP contribution in [0.5, 0.6) is 0 Å². The van der Waals surface area contributed by atoms with E-state index in [0.717, 1.165) is 25.7 Å². The normalized spacial score (nSPS) is 17.9. The molecule has 0 saturated carbocycles. The van der Waals surface area contributed by atoms with Gasteiger partial charge < -0.3 is 14.6 Å². The largest absolute Gasteiger partial charge is 0.396 e. The molecule has 0 radical (unpaired) electrons. The minimum Gasteiger partial charge on any atom is -0.396 e. The maximum Gasteiger partial charge on any atom is 0.155 e. The molecule has 2 unspecified atom stereocenters. The molecule has 0 aromatic rings. The summed E-state index contributed by atoms with van der Waals surface area (Å²) < 4.78 is 11.6. The highest BCUT2D eigenvalue weighted by Gasteiger charge is 2.22. The molecular formula is C18H33ClO3. The highest BCUT2D eigenvalue weighted by atomic mass is 35.5. The van der Waals surface area contributed by atoms with Crippen molar-refractivity contribution in [1.82, 2.24) is 0 Å². The maximum atomic E-state index is 9.09. The topological polar surface area (TPSA) is 38.7 Å². The van der Waals surface area contributed by atoms with Gasteiger partial charge in [-0.3, -0.25) is 0 Å². The molecule has 0 spiro atoms. The van der Waals surface area contributed by atoms with Crippen molar-refractivity contribution in [3.63, 3.8) is 0 Å². The van der Waals surface area contributed by atoms with Crippen LogP contribution < -0.4 is 0 Å². The van der Waals surface area contributed by atoms with Crippen LogP contribution in [-0.2, 0) is 9.47 Å². The van der Waals surface area contributed by atoms with Crippen molar-refractivity contribution in [2.75, 3.05) is 13.2 Å². The number of halogens is 1. The first kappa shape index (κ1) is 21.6. The third-order valence-electron chi connectivity index (χ3n) is 3.77. The first-order valence-electron chi connectivity index (χ1n) is 8.34. The van der Waals surface area contributed by atoms with Crippen LogP contribution >= 0.6 is 11.6 Å². The first-order chi connectivity index (χ1) is 10.5. The second-order valence-corrected chi connectivity index (χ2v) is 6.10. The number of hydrogen-bond donors (Lipinski definition) is 1. The summed E-state index contributed by atoms with van der Waals surface area (Å²) in [5, 5.41) is 9.09. The van der Waals surface area contributed by atoms with E-state index >= 15 is 0 Å². The Morgan fingerprint density at radius 1 is 1.14 bits per heavy atom. The maximum absolute atomic E-state index is 9.09. The number of hydrogen-bond acceptors (Lipinski definition) is 3. The van der Waals surface area contributed by atoms with Gasteiger partial charge >= 0.3 is 0 Å². The molecule has 1 N–H and O–H groups in total. The highest BCUT2D eigenvalue weighted by molar-refractivity contribution is 6.25. The van der Waals surface area contributed by atoms with Gasteiger partial charge in [0.05, 0.1) is 6.10 Å². The number of allylic oxidation sites excluding steroid dienone is 3. The second kappa shape index (κ2) is 14.3. The Morgan fingerprint density at radius 2 is 1.86 bits per heavy atom. The number of aliphatic hydroxyl groups is 1. The minimum atomic E-state index is -0.187. The fraction of sp³-hybridized carbons (Fsp3) is 0.778. The van der Waals surface area contributed by atoms with Gasteiger partial charge in [0.1, 0.15) is 0 Å². The molecule has 0 rings (SSSR count). The van der Waals surface area contributed by atoms with E-state index in [2.05, 4.69) is 19.9 Å². The molecule has 22 heavy (non-hydrogen) atoms. The Balaban J connectivity index is 4.45. The Hall–Kier alpha value is -0.350. The number of ether oxygens (including phenoxy) is 2. The lowest BCUT2D eigenvalue weighted by atomic mass is 9.90. The molecule has 0 saturated heterocycles. The van der Waals surface area contributed by atoms with E-state index in [1.807, 2.05) is 26.0 Å². The SMILES string of the molecule is CCOC(C)OC(C[C@H](C)CCO)[C@H](C)CC/C=C/C=C/Cl. The molecule has 0 amide bonds. The molecule has 4 atom stereocenters. The van der Waals surface area contributed by atoms with Crippen molar-refractivity contribution < 1.29 is 14.6 Å². The van der Waals surface area contributed by atoms with Gasteiger partial charge in [-0.1, -0.05) is 43.7 Å². The molecular weight excluding hydrogens is 300 g/mol. The molecule has 130 valence electrons. The summed E-state index contributed by atoms with van der Waals surface area (Å²) in [6.07, 6.45) is 9.69. The van der Waals surface area contributed by atoms with Crippen LogP contribution in [0.15, 0.2) is 23.8 Å². The Morgan fingerprint density at radius 3 is 2.45 bits per heavy atom. The summed E-state index contributed by atoms with van der Waals surface area (Å²) >= 11 is 5.48. The molecule has 0 heterocycles. The number of rotatable bonds is 13. The second-order valence-electron chi connectivity index (χ2n) is 5.85. The summed E-state index contributed by atoms with van der Waals surface area (Å²) in [4.78, 5) is 0. The van der Waals surface area contributed by atoms with Gasteiger partial charge in [0, 0.05) is 18.7 Å². The minimum absolute atomic E-state index is 0.153. The van der Waals surface area contributed by atoms with Crippen LogP contribution in [-0.4, -0.2) is 30.7 Å². The quantitative estimate of drug-likeness (QED) is 0.385. The van der Waals surface area contributed by atoms with Crippen LogP contribution in [0.4, 0.5) is 0 Å². The fourth-order valence-electron chi connectivity index (χ4n) is 2.44. The molecule has 0 aliphatic heterocycles. The highest BCUT2D eigenvalue weighted by Crippen LogP contribution is 2.24. The third kappa shape index (κ3) is 11.2. The van der Waals surface area contributed by atoms with Gasteiger partial charge in [0.15, 0.2) is 6.29 Å². The van der Waals surface area contributed by atoms with E-state index in [1.54, 1.807) is 0 Å². The predicted molar refractivity (Wildman–Crippen MR) is 94.0 cm³/mol. The zero-order chi connectivity index (χ0) is 16.8. The summed E-state index contributed by atoms with van der Waals surface area (Å²) in [6, 6.07) is 0. The van der Waals surface area contributed by atoms with Crippen molar-refractivity contribution in [1.29, 1.82) is 0 Å². The van der Waals surface area contributed by atoms with Crippen molar-refractivity contribution in [2.45, 2.75) is 65.8 Å². The van der Waals surface area contributed by atoms with E-state index in [0.29, 0.717) is 18.4 Å². The molecule has 0 bridgehead atoms. The zero-order valence-corrected chi connectivity index (χ0v) is 15.3. The van der Waals surface area contributed by atoms with Gasteiger partial charge in [-0.15, -0.1) is 0 Å². The van der Waals surface area contributed by atoms with E-state index in [9.17, 15) is 0 Å². The fourth-order valence-corrected chi connectivity index (χ4v) is 2.52. The molecule has 0 aromatic heterocycles. The Labute approximate surface area is 141 Å². The van der Waals surface area contributed by atoms with E-state index in [4.69, 9.17) is 26.2 Å². The van der Waals surface area contributed by atoms with E-state index in [-0.39, 0.29) is 19.0 Å². The lowest BCUT2D eigenvalue weighted by molar-refractivity contribution is -0.173. The van der Waals surface area contributed by atoms with Crippen molar-refractivity contribution in [3.05, 3.63) is 23.8 Å². The van der Waals surface area contributed by atoms with Crippen molar-refractivity contribution >= 4 is 11.6 Å². The van der Waals surface area contributed by atoms with Crippen LogP contribution in [0.3, 0.4) is 0 Å². The monoisotopic (exact) mass is 332 g/mol. The standard InChI is InChI=1S/C18H33ClO3/c1-5-21-17(4)22-18(14-15(2)11-13-20)16(3)10-8-6-7-9-12-19/h6-7,9,12,15-18,20H,5,8,10-11,13-14H2,1-4H3/b7-6+,12-9+/t15-,16-,17?,18?/m1/s1. The van der Waals surface area contributed by atoms with Gasteiger partial charge in [0.25, 0.3) is 0 Å². The van der Waals surface area contributed by atoms with Crippen LogP contribution in [0.1, 0.15) is 53.4 Å². The number of aliphatic hydroxyl groups excluding tert-OH is 1. The van der Waals surface area contributed by atoms with Gasteiger partial charge in [-0.2, -0.15) is 0 Å². The van der Waals surface area contributed by atoms with Gasteiger partial charge in [-0.05, 0) is 51.4 Å². The van der Waals surface area contributed by atoms with E-state index < -0.39 is 0 Å². The average Bonchev–Trinajstić information content (AvgIpc) is 2.46. The summed E-state index contributed by atoms with van der Waals surface area (Å²) in [6.45, 7) is 9.20. The van der Waals surface area contributed by atoms with Gasteiger partial charge in [0.2, 0.25) is 0 Å². The van der Waals surface area contributed by atoms with Crippen LogP contribution in [0.2, 0.25) is 0 Å². The van der Waals surface area contributed by atoms with Crippen molar-refractivity contribution in [2.24, 2.45) is 11.8 Å². The Bertz CT molecular complexity index is 291. The first-order valence-corrected chi connectivity index (χ1v) is 8.78. The Kier molecular flexibility index (Phi) is 14.0. The zero-order valence-electron chi connectivity index (χ0n) is 14.5. The van der Waals surface area contributed by atoms with Crippen LogP contribution in [0, 0.1) is 11.8 Å². The molecule has 0 aliphatic carbocycles. The summed E-state index contributed by atoms with van der Waals surface area (Å²) in [7, 11) is 0. The molecule has 0 aliphatic rings. The molecule has 4 heteroatoms. The van der Waals surface area contributed by atoms with E-state index in [1.165, 1.54) is 5.54 Å². The molecule has 0 fully saturated rings.